The second kappa shape index (κ2) is 8.46. The molecule has 0 aromatic heterocycles. The SMILES string of the molecule is C1CNOCCN1.Cl.Cl. The lowest BCUT2D eigenvalue weighted by molar-refractivity contribution is 0.0584. The van der Waals surface area contributed by atoms with Crippen LogP contribution in [-0.2, 0) is 4.84 Å². The average molecular weight is 175 g/mol. The Morgan fingerprint density at radius 2 is 1.78 bits per heavy atom. The van der Waals surface area contributed by atoms with Crippen molar-refractivity contribution in [3.8, 4) is 0 Å². The number of hydroxylamine groups is 1. The van der Waals surface area contributed by atoms with Gasteiger partial charge in [-0.25, -0.2) is 5.48 Å². The standard InChI is InChI=1S/C4H10N2O.2ClH/c1-2-6-7-4-3-5-1;;/h5-6H,1-4H2;2*1H. The number of rotatable bonds is 0. The van der Waals surface area contributed by atoms with Gasteiger partial charge in [0.1, 0.15) is 0 Å². The van der Waals surface area contributed by atoms with E-state index in [1.54, 1.807) is 0 Å². The van der Waals surface area contributed by atoms with E-state index in [1.165, 1.54) is 0 Å². The summed E-state index contributed by atoms with van der Waals surface area (Å²) < 4.78 is 0. The van der Waals surface area contributed by atoms with Crippen molar-refractivity contribution >= 4 is 24.8 Å². The predicted octanol–water partition coefficient (Wildman–Crippen LogP) is -0.0456. The van der Waals surface area contributed by atoms with Crippen molar-refractivity contribution in [2.45, 2.75) is 0 Å². The summed E-state index contributed by atoms with van der Waals surface area (Å²) in [7, 11) is 0. The third kappa shape index (κ3) is 6.34. The van der Waals surface area contributed by atoms with Crippen molar-refractivity contribution in [2.24, 2.45) is 0 Å². The van der Waals surface area contributed by atoms with E-state index in [1.807, 2.05) is 0 Å². The summed E-state index contributed by atoms with van der Waals surface area (Å²) in [6.07, 6.45) is 0. The molecule has 1 aliphatic heterocycles. The highest BCUT2D eigenvalue weighted by molar-refractivity contribution is 5.85. The van der Waals surface area contributed by atoms with E-state index in [0.29, 0.717) is 0 Å². The van der Waals surface area contributed by atoms with Crippen molar-refractivity contribution in [1.82, 2.24) is 10.8 Å². The van der Waals surface area contributed by atoms with E-state index in [2.05, 4.69) is 10.8 Å². The van der Waals surface area contributed by atoms with Crippen LogP contribution in [0.25, 0.3) is 0 Å². The molecule has 1 saturated heterocycles. The Hall–Kier alpha value is 0.460. The second-order valence-corrected chi connectivity index (χ2v) is 1.49. The molecule has 58 valence electrons. The monoisotopic (exact) mass is 174 g/mol. The molecule has 1 aliphatic rings. The van der Waals surface area contributed by atoms with Crippen LogP contribution in [0.4, 0.5) is 0 Å². The first-order valence-electron chi connectivity index (χ1n) is 2.55. The minimum atomic E-state index is 0. The summed E-state index contributed by atoms with van der Waals surface area (Å²) in [5.74, 6) is 0. The Morgan fingerprint density at radius 3 is 2.56 bits per heavy atom. The molecule has 9 heavy (non-hydrogen) atoms. The molecule has 0 spiro atoms. The summed E-state index contributed by atoms with van der Waals surface area (Å²) in [5.41, 5.74) is 2.78. The van der Waals surface area contributed by atoms with Gasteiger partial charge in [0.25, 0.3) is 0 Å². The zero-order chi connectivity index (χ0) is 4.95. The van der Waals surface area contributed by atoms with Gasteiger partial charge in [0.15, 0.2) is 0 Å². The molecule has 0 bridgehead atoms. The molecule has 5 heteroatoms. The minimum absolute atomic E-state index is 0. The summed E-state index contributed by atoms with van der Waals surface area (Å²) in [6, 6.07) is 0. The zero-order valence-electron chi connectivity index (χ0n) is 5.05. The topological polar surface area (TPSA) is 33.3 Å². The van der Waals surface area contributed by atoms with Gasteiger partial charge in [-0.3, -0.25) is 0 Å². The molecule has 1 fully saturated rings. The second-order valence-electron chi connectivity index (χ2n) is 1.49. The van der Waals surface area contributed by atoms with E-state index >= 15 is 0 Å². The lowest BCUT2D eigenvalue weighted by atomic mass is 10.6. The van der Waals surface area contributed by atoms with Crippen LogP contribution in [0.5, 0.6) is 0 Å². The van der Waals surface area contributed by atoms with E-state index in [0.717, 1.165) is 26.2 Å². The van der Waals surface area contributed by atoms with Crippen LogP contribution in [0.15, 0.2) is 0 Å². The van der Waals surface area contributed by atoms with Gasteiger partial charge in [0.05, 0.1) is 6.61 Å². The van der Waals surface area contributed by atoms with Crippen LogP contribution >= 0.6 is 24.8 Å². The Balaban J connectivity index is 0. The van der Waals surface area contributed by atoms with Crippen molar-refractivity contribution in [1.29, 1.82) is 0 Å². The fourth-order valence-electron chi connectivity index (χ4n) is 0.532. The number of hydrogen-bond donors (Lipinski definition) is 2. The maximum Gasteiger partial charge on any atom is 0.0806 e. The molecule has 0 aromatic carbocycles. The highest BCUT2D eigenvalue weighted by atomic mass is 35.5. The van der Waals surface area contributed by atoms with Gasteiger partial charge in [0.2, 0.25) is 0 Å². The van der Waals surface area contributed by atoms with Crippen molar-refractivity contribution < 1.29 is 4.84 Å². The average Bonchev–Trinajstić information content (AvgIpc) is 1.90. The maximum absolute atomic E-state index is 4.88. The molecule has 0 unspecified atom stereocenters. The number of halogens is 2. The molecule has 0 aromatic rings. The molecule has 0 aliphatic carbocycles. The van der Waals surface area contributed by atoms with E-state index in [-0.39, 0.29) is 24.8 Å². The van der Waals surface area contributed by atoms with Gasteiger partial charge in [-0.2, -0.15) is 0 Å². The summed E-state index contributed by atoms with van der Waals surface area (Å²) >= 11 is 0. The smallest absolute Gasteiger partial charge is 0.0806 e. The third-order valence-electron chi connectivity index (χ3n) is 0.887. The van der Waals surface area contributed by atoms with E-state index in [4.69, 9.17) is 4.84 Å². The van der Waals surface area contributed by atoms with E-state index in [9.17, 15) is 0 Å². The molecule has 2 N–H and O–H groups in total. The molecule has 0 saturated carbocycles. The molecular formula is C4H12Cl2N2O. The summed E-state index contributed by atoms with van der Waals surface area (Å²) in [5, 5.41) is 3.16. The summed E-state index contributed by atoms with van der Waals surface area (Å²) in [4.78, 5) is 4.88. The fourth-order valence-corrected chi connectivity index (χ4v) is 0.532. The van der Waals surface area contributed by atoms with E-state index < -0.39 is 0 Å². The first-order valence-corrected chi connectivity index (χ1v) is 2.55. The minimum Gasteiger partial charge on any atom is -0.313 e. The lowest BCUT2D eigenvalue weighted by Crippen LogP contribution is -2.20. The Kier molecular flexibility index (Phi) is 11.4. The maximum atomic E-state index is 4.88. The van der Waals surface area contributed by atoms with Crippen molar-refractivity contribution in [3.63, 3.8) is 0 Å². The Bertz CT molecular complexity index is 36.2. The van der Waals surface area contributed by atoms with Gasteiger partial charge < -0.3 is 10.2 Å². The fraction of sp³-hybridized carbons (Fsp3) is 1.00. The predicted molar refractivity (Wildman–Crippen MR) is 41.3 cm³/mol. The molecule has 3 nitrogen and oxygen atoms in total. The molecule has 1 rings (SSSR count). The number of hydrogen-bond acceptors (Lipinski definition) is 3. The van der Waals surface area contributed by atoms with Crippen LogP contribution < -0.4 is 10.8 Å². The van der Waals surface area contributed by atoms with Crippen LogP contribution in [0.1, 0.15) is 0 Å². The van der Waals surface area contributed by atoms with Gasteiger partial charge in [-0.05, 0) is 0 Å². The normalized spacial score (nSPS) is 18.7. The number of nitrogens with one attached hydrogen (secondary N) is 2. The largest absolute Gasteiger partial charge is 0.313 e. The quantitative estimate of drug-likeness (QED) is 0.541. The van der Waals surface area contributed by atoms with Gasteiger partial charge in [-0.15, -0.1) is 24.8 Å². The highest BCUT2D eigenvalue weighted by Gasteiger charge is 1.92. The van der Waals surface area contributed by atoms with Gasteiger partial charge in [-0.1, -0.05) is 0 Å². The molecule has 0 atom stereocenters. The van der Waals surface area contributed by atoms with Crippen LogP contribution in [0.3, 0.4) is 0 Å². The third-order valence-corrected chi connectivity index (χ3v) is 0.887. The van der Waals surface area contributed by atoms with Crippen molar-refractivity contribution in [2.75, 3.05) is 26.2 Å². The highest BCUT2D eigenvalue weighted by Crippen LogP contribution is 1.70. The van der Waals surface area contributed by atoms with Crippen molar-refractivity contribution in [3.05, 3.63) is 0 Å². The summed E-state index contributed by atoms with van der Waals surface area (Å²) in [6.45, 7) is 3.67. The Labute approximate surface area is 67.3 Å². The first-order chi connectivity index (χ1) is 3.50. The zero-order valence-corrected chi connectivity index (χ0v) is 6.69. The molecule has 0 radical (unpaired) electrons. The first kappa shape index (κ1) is 12.2. The molecule has 1 heterocycles. The van der Waals surface area contributed by atoms with Gasteiger partial charge >= 0.3 is 0 Å². The van der Waals surface area contributed by atoms with Gasteiger partial charge in [0, 0.05) is 19.6 Å². The van der Waals surface area contributed by atoms with Crippen LogP contribution in [0.2, 0.25) is 0 Å². The molecular weight excluding hydrogens is 163 g/mol. The Morgan fingerprint density at radius 1 is 1.00 bits per heavy atom. The van der Waals surface area contributed by atoms with Crippen LogP contribution in [0, 0.1) is 0 Å². The molecule has 0 amide bonds. The van der Waals surface area contributed by atoms with Crippen LogP contribution in [-0.4, -0.2) is 26.2 Å². The lowest BCUT2D eigenvalue weighted by Gasteiger charge is -1.93.